The van der Waals surface area contributed by atoms with Gasteiger partial charge in [0.05, 0.1) is 5.69 Å². The predicted molar refractivity (Wildman–Crippen MR) is 65.0 cm³/mol. The Kier molecular flexibility index (Phi) is 3.79. The maximum absolute atomic E-state index is 5.40. The van der Waals surface area contributed by atoms with Crippen LogP contribution in [0.1, 0.15) is 11.5 Å². The summed E-state index contributed by atoms with van der Waals surface area (Å²) in [6.07, 6.45) is 2.83. The van der Waals surface area contributed by atoms with Gasteiger partial charge in [0.25, 0.3) is 0 Å². The molecule has 2 aromatic rings. The fourth-order valence-corrected chi connectivity index (χ4v) is 1.81. The fourth-order valence-electron chi connectivity index (χ4n) is 1.47. The maximum atomic E-state index is 5.40. The van der Waals surface area contributed by atoms with E-state index < -0.39 is 0 Å². The molecule has 0 amide bonds. The number of furan rings is 1. The van der Waals surface area contributed by atoms with Crippen LogP contribution in [0.4, 0.5) is 0 Å². The average molecular weight is 284 g/mol. The lowest BCUT2D eigenvalue weighted by Crippen LogP contribution is -2.16. The lowest BCUT2D eigenvalue weighted by molar-refractivity contribution is 0.479. The summed E-state index contributed by atoms with van der Waals surface area (Å²) in [5.74, 6) is 0.986. The van der Waals surface area contributed by atoms with Crippen molar-refractivity contribution in [3.63, 3.8) is 0 Å². The molecule has 2 heterocycles. The third-order valence-electron chi connectivity index (χ3n) is 2.25. The van der Waals surface area contributed by atoms with Gasteiger partial charge in [0.15, 0.2) is 4.67 Å². The molecule has 5 heteroatoms. The van der Waals surface area contributed by atoms with Crippen molar-refractivity contribution < 1.29 is 4.42 Å². The first-order valence-corrected chi connectivity index (χ1v) is 5.97. The summed E-state index contributed by atoms with van der Waals surface area (Å²) in [5, 5.41) is 7.60. The van der Waals surface area contributed by atoms with Gasteiger partial charge < -0.3 is 9.73 Å². The first-order valence-electron chi connectivity index (χ1n) is 5.17. The van der Waals surface area contributed by atoms with Crippen LogP contribution in [-0.2, 0) is 20.0 Å². The Morgan fingerprint density at radius 2 is 2.31 bits per heavy atom. The van der Waals surface area contributed by atoms with Crippen LogP contribution in [-0.4, -0.2) is 16.3 Å². The van der Waals surface area contributed by atoms with E-state index in [4.69, 9.17) is 4.42 Å². The Morgan fingerprint density at radius 1 is 1.44 bits per heavy atom. The van der Waals surface area contributed by atoms with Gasteiger partial charge in [-0.2, -0.15) is 5.10 Å². The Labute approximate surface area is 103 Å². The molecule has 86 valence electrons. The Morgan fingerprint density at radius 3 is 2.94 bits per heavy atom. The summed E-state index contributed by atoms with van der Waals surface area (Å²) in [5.41, 5.74) is 1.06. The van der Waals surface area contributed by atoms with Crippen molar-refractivity contribution >= 4 is 15.9 Å². The highest BCUT2D eigenvalue weighted by Gasteiger charge is 2.00. The second-order valence-electron chi connectivity index (χ2n) is 3.61. The van der Waals surface area contributed by atoms with E-state index in [1.165, 1.54) is 0 Å². The van der Waals surface area contributed by atoms with Crippen LogP contribution in [0.15, 0.2) is 33.5 Å². The molecule has 0 aliphatic heterocycles. The molecule has 2 rings (SSSR count). The third kappa shape index (κ3) is 3.21. The SMILES string of the molecule is Cn1ccc(CNCCc2ccc(Br)o2)n1. The largest absolute Gasteiger partial charge is 0.454 e. The van der Waals surface area contributed by atoms with Gasteiger partial charge in [-0.05, 0) is 34.1 Å². The van der Waals surface area contributed by atoms with Crippen LogP contribution < -0.4 is 5.32 Å². The summed E-state index contributed by atoms with van der Waals surface area (Å²) in [7, 11) is 1.92. The Hall–Kier alpha value is -1.07. The van der Waals surface area contributed by atoms with Crippen LogP contribution in [0.5, 0.6) is 0 Å². The van der Waals surface area contributed by atoms with Gasteiger partial charge >= 0.3 is 0 Å². The molecule has 0 aliphatic rings. The van der Waals surface area contributed by atoms with Crippen LogP contribution in [0.2, 0.25) is 0 Å². The first-order chi connectivity index (χ1) is 7.74. The summed E-state index contributed by atoms with van der Waals surface area (Å²) in [6.45, 7) is 1.68. The van der Waals surface area contributed by atoms with Crippen LogP contribution >= 0.6 is 15.9 Å². The van der Waals surface area contributed by atoms with Crippen molar-refractivity contribution in [3.05, 3.63) is 40.5 Å². The molecule has 0 aliphatic carbocycles. The van der Waals surface area contributed by atoms with E-state index in [1.807, 2.05) is 31.4 Å². The van der Waals surface area contributed by atoms with Gasteiger partial charge in [0.2, 0.25) is 0 Å². The Balaban J connectivity index is 1.69. The fraction of sp³-hybridized carbons (Fsp3) is 0.364. The lowest BCUT2D eigenvalue weighted by atomic mass is 10.3. The molecule has 0 aromatic carbocycles. The summed E-state index contributed by atoms with van der Waals surface area (Å²) in [4.78, 5) is 0. The molecule has 0 unspecified atom stereocenters. The number of nitrogens with zero attached hydrogens (tertiary/aromatic N) is 2. The quantitative estimate of drug-likeness (QED) is 0.855. The zero-order valence-electron chi connectivity index (χ0n) is 9.11. The minimum absolute atomic E-state index is 0.784. The van der Waals surface area contributed by atoms with Crippen LogP contribution in [0.25, 0.3) is 0 Å². The van der Waals surface area contributed by atoms with Crippen molar-refractivity contribution in [2.75, 3.05) is 6.54 Å². The first kappa shape index (κ1) is 11.4. The minimum Gasteiger partial charge on any atom is -0.454 e. The van der Waals surface area contributed by atoms with Crippen molar-refractivity contribution in [1.29, 1.82) is 0 Å². The molecule has 0 bridgehead atoms. The zero-order valence-corrected chi connectivity index (χ0v) is 10.7. The number of rotatable bonds is 5. The molecule has 0 atom stereocenters. The second-order valence-corrected chi connectivity index (χ2v) is 4.39. The van der Waals surface area contributed by atoms with Crippen molar-refractivity contribution in [3.8, 4) is 0 Å². The number of aryl methyl sites for hydroxylation is 1. The van der Waals surface area contributed by atoms with E-state index >= 15 is 0 Å². The predicted octanol–water partition coefficient (Wildman–Crippen LogP) is 2.11. The molecular weight excluding hydrogens is 270 g/mol. The number of halogens is 1. The second kappa shape index (κ2) is 5.32. The van der Waals surface area contributed by atoms with E-state index in [-0.39, 0.29) is 0 Å². The van der Waals surface area contributed by atoms with Gasteiger partial charge in [-0.3, -0.25) is 4.68 Å². The third-order valence-corrected chi connectivity index (χ3v) is 2.68. The van der Waals surface area contributed by atoms with Gasteiger partial charge in [0.1, 0.15) is 5.76 Å². The summed E-state index contributed by atoms with van der Waals surface area (Å²) >= 11 is 3.28. The highest BCUT2D eigenvalue weighted by atomic mass is 79.9. The van der Waals surface area contributed by atoms with Crippen molar-refractivity contribution in [1.82, 2.24) is 15.1 Å². The topological polar surface area (TPSA) is 43.0 Å². The van der Waals surface area contributed by atoms with E-state index in [2.05, 4.69) is 26.3 Å². The van der Waals surface area contributed by atoms with Gasteiger partial charge in [-0.15, -0.1) is 0 Å². The smallest absolute Gasteiger partial charge is 0.169 e. The van der Waals surface area contributed by atoms with E-state index in [1.54, 1.807) is 4.68 Å². The van der Waals surface area contributed by atoms with Gasteiger partial charge in [0, 0.05) is 32.8 Å². The highest BCUT2D eigenvalue weighted by molar-refractivity contribution is 9.10. The van der Waals surface area contributed by atoms with E-state index in [0.717, 1.165) is 35.6 Å². The molecule has 0 spiro atoms. The zero-order chi connectivity index (χ0) is 11.4. The normalized spacial score (nSPS) is 10.9. The number of aromatic nitrogens is 2. The minimum atomic E-state index is 0.784. The molecule has 4 nitrogen and oxygen atoms in total. The Bertz CT molecular complexity index is 407. The molecule has 0 fully saturated rings. The molecule has 1 N–H and O–H groups in total. The molecule has 0 saturated carbocycles. The van der Waals surface area contributed by atoms with E-state index in [9.17, 15) is 0 Å². The standard InChI is InChI=1S/C11H14BrN3O/c1-15-7-5-9(14-15)8-13-6-4-10-2-3-11(12)16-10/h2-3,5,7,13H,4,6,8H2,1H3. The van der Waals surface area contributed by atoms with Crippen LogP contribution in [0.3, 0.4) is 0 Å². The van der Waals surface area contributed by atoms with Crippen molar-refractivity contribution in [2.24, 2.45) is 7.05 Å². The lowest BCUT2D eigenvalue weighted by Gasteiger charge is -2.00. The maximum Gasteiger partial charge on any atom is 0.169 e. The average Bonchev–Trinajstić information content (AvgIpc) is 2.83. The summed E-state index contributed by atoms with van der Waals surface area (Å²) in [6, 6.07) is 5.90. The number of hydrogen-bond donors (Lipinski definition) is 1. The molecular formula is C11H14BrN3O. The monoisotopic (exact) mass is 283 g/mol. The van der Waals surface area contributed by atoms with Crippen LogP contribution in [0, 0.1) is 0 Å². The molecule has 0 radical (unpaired) electrons. The van der Waals surface area contributed by atoms with Crippen molar-refractivity contribution in [2.45, 2.75) is 13.0 Å². The molecule has 2 aromatic heterocycles. The summed E-state index contributed by atoms with van der Waals surface area (Å²) < 4.78 is 7.99. The number of hydrogen-bond acceptors (Lipinski definition) is 3. The molecule has 16 heavy (non-hydrogen) atoms. The van der Waals surface area contributed by atoms with Gasteiger partial charge in [-0.25, -0.2) is 0 Å². The number of nitrogens with one attached hydrogen (secondary N) is 1. The van der Waals surface area contributed by atoms with E-state index in [0.29, 0.717) is 0 Å². The molecule has 0 saturated heterocycles. The highest BCUT2D eigenvalue weighted by Crippen LogP contribution is 2.13. The van der Waals surface area contributed by atoms with Gasteiger partial charge in [-0.1, -0.05) is 0 Å².